The van der Waals surface area contributed by atoms with Crippen LogP contribution in [-0.4, -0.2) is 24.6 Å². The van der Waals surface area contributed by atoms with Crippen LogP contribution in [0.5, 0.6) is 0 Å². The maximum atomic E-state index is 14.0. The van der Waals surface area contributed by atoms with Gasteiger partial charge in [-0.2, -0.15) is 13.2 Å². The number of hydrogen-bond acceptors (Lipinski definition) is 1. The molecule has 0 saturated carbocycles. The Balaban J connectivity index is 2.13. The lowest BCUT2D eigenvalue weighted by atomic mass is 9.75. The van der Waals surface area contributed by atoms with E-state index in [1.807, 2.05) is 12.2 Å². The summed E-state index contributed by atoms with van der Waals surface area (Å²) in [6.45, 7) is -1.27. The minimum absolute atomic E-state index is 0.0912. The first-order chi connectivity index (χ1) is 12.8. The molecule has 0 aromatic heterocycles. The summed E-state index contributed by atoms with van der Waals surface area (Å²) < 4.78 is 66.0. The third-order valence-electron chi connectivity index (χ3n) is 4.76. The molecule has 0 bridgehead atoms. The van der Waals surface area contributed by atoms with E-state index < -0.39 is 29.8 Å². The molecule has 0 unspecified atom stereocenters. The van der Waals surface area contributed by atoms with Crippen LogP contribution < -0.4 is 5.32 Å². The Bertz CT molecular complexity index is 808. The number of fused-ring (bicyclic) bond motifs is 3. The molecule has 2 aromatic carbocycles. The van der Waals surface area contributed by atoms with Crippen molar-refractivity contribution in [3.05, 3.63) is 71.3 Å². The van der Waals surface area contributed by atoms with E-state index >= 15 is 0 Å². The molecule has 1 nitrogen and oxygen atoms in total. The van der Waals surface area contributed by atoms with Crippen molar-refractivity contribution in [2.24, 2.45) is 0 Å². The highest BCUT2D eigenvalue weighted by atomic mass is 79.9. The number of allylic oxidation sites excluding steroid dienone is 2. The summed E-state index contributed by atoms with van der Waals surface area (Å²) in [7, 11) is 0. The molecule has 27 heavy (non-hydrogen) atoms. The Morgan fingerprint density at radius 2 is 1.48 bits per heavy atom. The highest BCUT2D eigenvalue weighted by molar-refractivity contribution is 9.09. The van der Waals surface area contributed by atoms with Gasteiger partial charge in [-0.3, -0.25) is 0 Å². The van der Waals surface area contributed by atoms with Gasteiger partial charge >= 0.3 is 6.18 Å². The zero-order valence-corrected chi connectivity index (χ0v) is 15.8. The summed E-state index contributed by atoms with van der Waals surface area (Å²) in [6.07, 6.45) is -0.419. The number of alkyl halides is 4. The lowest BCUT2D eigenvalue weighted by Crippen LogP contribution is -2.41. The Kier molecular flexibility index (Phi) is 5.72. The second kappa shape index (κ2) is 7.72. The largest absolute Gasteiger partial charge is 0.401 e. The van der Waals surface area contributed by atoms with Gasteiger partial charge in [0.15, 0.2) is 0 Å². The van der Waals surface area contributed by atoms with Crippen LogP contribution in [0.2, 0.25) is 0 Å². The molecule has 0 radical (unpaired) electrons. The molecular weight excluding hydrogens is 429 g/mol. The second-order valence-corrected chi connectivity index (χ2v) is 7.16. The predicted molar refractivity (Wildman–Crippen MR) is 99.0 cm³/mol. The normalized spacial score (nSPS) is 15.2. The van der Waals surface area contributed by atoms with Gasteiger partial charge in [0, 0.05) is 17.3 Å². The Morgan fingerprint density at radius 3 is 1.96 bits per heavy atom. The summed E-state index contributed by atoms with van der Waals surface area (Å²) in [5.74, 6) is -0.960. The fourth-order valence-electron chi connectivity index (χ4n) is 3.69. The molecule has 0 atom stereocenters. The number of hydrogen-bond donors (Lipinski definition) is 1. The third-order valence-corrected chi connectivity index (χ3v) is 5.13. The summed E-state index contributed by atoms with van der Waals surface area (Å²) in [5, 5.41) is 3.01. The van der Waals surface area contributed by atoms with Gasteiger partial charge < -0.3 is 5.32 Å². The van der Waals surface area contributed by atoms with E-state index in [-0.39, 0.29) is 6.54 Å². The minimum atomic E-state index is -4.37. The topological polar surface area (TPSA) is 12.0 Å². The van der Waals surface area contributed by atoms with E-state index in [2.05, 4.69) is 21.2 Å². The van der Waals surface area contributed by atoms with E-state index in [1.165, 1.54) is 24.3 Å². The van der Waals surface area contributed by atoms with Crippen molar-refractivity contribution in [3.8, 4) is 11.1 Å². The molecular formula is C20H17BrF5N. The quantitative estimate of drug-likeness (QED) is 0.340. The SMILES string of the molecule is Fc1ccc2c(c1)C(C/C=C/CBr)(CNCC(F)(F)F)c1cc(F)ccc1-2. The number of benzene rings is 2. The van der Waals surface area contributed by atoms with Gasteiger partial charge in [-0.15, -0.1) is 0 Å². The maximum absolute atomic E-state index is 14.0. The first kappa shape index (κ1) is 20.0. The first-order valence-corrected chi connectivity index (χ1v) is 9.48. The van der Waals surface area contributed by atoms with Crippen molar-refractivity contribution in [1.82, 2.24) is 5.32 Å². The van der Waals surface area contributed by atoms with Crippen molar-refractivity contribution in [2.45, 2.75) is 18.0 Å². The molecule has 2 aromatic rings. The molecule has 0 heterocycles. The second-order valence-electron chi connectivity index (χ2n) is 6.51. The van der Waals surface area contributed by atoms with E-state index in [0.717, 1.165) is 0 Å². The molecule has 1 N–H and O–H groups in total. The maximum Gasteiger partial charge on any atom is 0.401 e. The van der Waals surface area contributed by atoms with Crippen molar-refractivity contribution in [2.75, 3.05) is 18.4 Å². The van der Waals surface area contributed by atoms with Crippen LogP contribution >= 0.6 is 15.9 Å². The van der Waals surface area contributed by atoms with Gasteiger partial charge in [0.2, 0.25) is 0 Å². The predicted octanol–water partition coefficient (Wildman–Crippen LogP) is 5.72. The van der Waals surface area contributed by atoms with Gasteiger partial charge in [-0.1, -0.05) is 40.2 Å². The van der Waals surface area contributed by atoms with Gasteiger partial charge in [0.1, 0.15) is 11.6 Å². The Morgan fingerprint density at radius 1 is 0.926 bits per heavy atom. The highest BCUT2D eigenvalue weighted by Gasteiger charge is 2.43. The highest BCUT2D eigenvalue weighted by Crippen LogP contribution is 2.51. The fraction of sp³-hybridized carbons (Fsp3) is 0.300. The van der Waals surface area contributed by atoms with Crippen LogP contribution in [0.3, 0.4) is 0 Å². The molecule has 7 heteroatoms. The summed E-state index contributed by atoms with van der Waals surface area (Å²) in [6, 6.07) is 8.48. The first-order valence-electron chi connectivity index (χ1n) is 8.36. The van der Waals surface area contributed by atoms with Crippen molar-refractivity contribution < 1.29 is 22.0 Å². The number of nitrogens with one attached hydrogen (secondary N) is 1. The van der Waals surface area contributed by atoms with Gasteiger partial charge in [0.25, 0.3) is 0 Å². The van der Waals surface area contributed by atoms with Crippen molar-refractivity contribution in [1.29, 1.82) is 0 Å². The summed E-state index contributed by atoms with van der Waals surface area (Å²) >= 11 is 3.27. The van der Waals surface area contributed by atoms with Crippen LogP contribution in [-0.2, 0) is 5.41 Å². The molecule has 0 spiro atoms. The van der Waals surface area contributed by atoms with Crippen molar-refractivity contribution >= 4 is 15.9 Å². The zero-order valence-electron chi connectivity index (χ0n) is 14.2. The molecule has 1 aliphatic carbocycles. The third kappa shape index (κ3) is 4.09. The van der Waals surface area contributed by atoms with Crippen LogP contribution in [0.25, 0.3) is 11.1 Å². The molecule has 144 valence electrons. The molecule has 0 saturated heterocycles. The Labute approximate surface area is 162 Å². The van der Waals surface area contributed by atoms with Gasteiger partial charge in [-0.05, 0) is 52.9 Å². The average molecular weight is 446 g/mol. The van der Waals surface area contributed by atoms with Crippen LogP contribution in [0.4, 0.5) is 22.0 Å². The molecule has 3 rings (SSSR count). The summed E-state index contributed by atoms with van der Waals surface area (Å²) in [5.41, 5.74) is 1.58. The van der Waals surface area contributed by atoms with Crippen LogP contribution in [0.15, 0.2) is 48.6 Å². The lowest BCUT2D eigenvalue weighted by molar-refractivity contribution is -0.125. The van der Waals surface area contributed by atoms with E-state index in [0.29, 0.717) is 34.0 Å². The zero-order chi connectivity index (χ0) is 19.7. The van der Waals surface area contributed by atoms with Crippen LogP contribution in [0, 0.1) is 11.6 Å². The molecule has 0 fully saturated rings. The molecule has 0 aliphatic heterocycles. The van der Waals surface area contributed by atoms with E-state index in [4.69, 9.17) is 0 Å². The summed E-state index contributed by atoms with van der Waals surface area (Å²) in [4.78, 5) is 0. The molecule has 0 amide bonds. The number of halogens is 6. The van der Waals surface area contributed by atoms with Crippen LogP contribution in [0.1, 0.15) is 17.5 Å². The van der Waals surface area contributed by atoms with Gasteiger partial charge in [-0.25, -0.2) is 8.78 Å². The average Bonchev–Trinajstić information content (AvgIpc) is 2.84. The Hall–Kier alpha value is -1.73. The minimum Gasteiger partial charge on any atom is -0.307 e. The number of rotatable bonds is 6. The molecule has 1 aliphatic rings. The van der Waals surface area contributed by atoms with Crippen molar-refractivity contribution in [3.63, 3.8) is 0 Å². The smallest absolute Gasteiger partial charge is 0.307 e. The fourth-order valence-corrected chi connectivity index (χ4v) is 3.95. The van der Waals surface area contributed by atoms with E-state index in [1.54, 1.807) is 12.1 Å². The standard InChI is InChI=1S/C20H17BrF5N/c21-8-2-1-7-19(11-27-12-20(24,25)26)17-9-13(22)3-5-15(17)16-6-4-14(23)10-18(16)19/h1-6,9-10,27H,7-8,11-12H2/b2-1+. The van der Waals surface area contributed by atoms with E-state index in [9.17, 15) is 22.0 Å². The van der Waals surface area contributed by atoms with Gasteiger partial charge in [0.05, 0.1) is 6.54 Å². The monoisotopic (exact) mass is 445 g/mol. The lowest BCUT2D eigenvalue weighted by Gasteiger charge is -2.32.